The Bertz CT molecular complexity index is 803. The molecule has 26 heavy (non-hydrogen) atoms. The van der Waals surface area contributed by atoms with Gasteiger partial charge in [-0.25, -0.2) is 8.42 Å². The number of benzene rings is 1. The van der Waals surface area contributed by atoms with Crippen LogP contribution in [0.2, 0.25) is 0 Å². The molecule has 8 nitrogen and oxygen atoms in total. The number of hydrogen-bond donors (Lipinski definition) is 2. The summed E-state index contributed by atoms with van der Waals surface area (Å²) in [6.45, 7) is 2.89. The molecule has 2 atom stereocenters. The number of carboxylic acid groups (broad SMARTS) is 1. The number of nitrogens with one attached hydrogen (secondary N) is 1. The highest BCUT2D eigenvalue weighted by atomic mass is 32.2. The molecule has 1 saturated heterocycles. The number of Topliss-reactive ketones (excluding diaryl/α,β-unsaturated/α-hetero) is 1. The molecule has 1 heterocycles. The lowest BCUT2D eigenvalue weighted by Crippen LogP contribution is -2.54. The van der Waals surface area contributed by atoms with E-state index in [0.29, 0.717) is 24.8 Å². The first-order chi connectivity index (χ1) is 12.1. The molecule has 0 aliphatic carbocycles. The molecule has 1 aliphatic heterocycles. The fraction of sp³-hybridized carbons (Fsp3) is 0.471. The number of hydrogen-bond acceptors (Lipinski definition) is 5. The van der Waals surface area contributed by atoms with Crippen molar-refractivity contribution in [2.24, 2.45) is 0 Å². The highest BCUT2D eigenvalue weighted by molar-refractivity contribution is 7.89. The molecule has 0 radical (unpaired) electrons. The summed E-state index contributed by atoms with van der Waals surface area (Å²) in [6, 6.07) is 3.49. The smallest absolute Gasteiger partial charge is 0.325 e. The number of amides is 1. The first-order valence-corrected chi connectivity index (χ1v) is 9.74. The highest BCUT2D eigenvalue weighted by Crippen LogP contribution is 2.26. The molecule has 9 heteroatoms. The molecule has 0 spiro atoms. The third-order valence-corrected chi connectivity index (χ3v) is 6.28. The fourth-order valence-electron chi connectivity index (χ4n) is 2.82. The van der Waals surface area contributed by atoms with Crippen molar-refractivity contribution < 1.29 is 27.9 Å². The summed E-state index contributed by atoms with van der Waals surface area (Å²) in [5.74, 6) is -1.99. The molecule has 1 fully saturated rings. The van der Waals surface area contributed by atoms with Gasteiger partial charge in [0.2, 0.25) is 15.9 Å². The lowest BCUT2D eigenvalue weighted by Gasteiger charge is -2.34. The van der Waals surface area contributed by atoms with Crippen LogP contribution in [0.15, 0.2) is 29.2 Å². The molecule has 142 valence electrons. The van der Waals surface area contributed by atoms with E-state index in [2.05, 4.69) is 5.32 Å². The van der Waals surface area contributed by atoms with E-state index in [1.165, 1.54) is 38.1 Å². The zero-order chi connectivity index (χ0) is 19.5. The minimum atomic E-state index is -3.94. The average Bonchev–Trinajstić information content (AvgIpc) is 2.61. The maximum atomic E-state index is 12.9. The number of rotatable bonds is 6. The van der Waals surface area contributed by atoms with Gasteiger partial charge in [-0.3, -0.25) is 14.4 Å². The molecule has 0 aromatic heterocycles. The Labute approximate surface area is 152 Å². The Morgan fingerprint density at radius 1 is 1.19 bits per heavy atom. The van der Waals surface area contributed by atoms with Crippen molar-refractivity contribution in [3.63, 3.8) is 0 Å². The second-order valence-corrected chi connectivity index (χ2v) is 8.17. The van der Waals surface area contributed by atoms with Gasteiger partial charge in [0.05, 0.1) is 4.90 Å². The van der Waals surface area contributed by atoms with Crippen molar-refractivity contribution in [1.29, 1.82) is 0 Å². The summed E-state index contributed by atoms with van der Waals surface area (Å²) in [5.41, 5.74) is 0.396. The van der Waals surface area contributed by atoms with Crippen molar-refractivity contribution >= 4 is 27.7 Å². The number of carbonyl (C=O) groups excluding carboxylic acids is 2. The molecule has 1 unspecified atom stereocenters. The van der Waals surface area contributed by atoms with Crippen LogP contribution in [0.3, 0.4) is 0 Å². The number of sulfonamides is 1. The summed E-state index contributed by atoms with van der Waals surface area (Å²) in [7, 11) is -3.94. The third kappa shape index (κ3) is 4.28. The van der Waals surface area contributed by atoms with E-state index in [4.69, 9.17) is 5.11 Å². The second kappa shape index (κ2) is 7.96. The summed E-state index contributed by atoms with van der Waals surface area (Å²) in [4.78, 5) is 34.7. The molecule has 0 bridgehead atoms. The first kappa shape index (κ1) is 20.1. The standard InChI is InChI=1S/C17H22N2O6S/c1-11(17(22)23)18-16(21)15-5-3-4-10-19(15)26(24,25)14-8-6-13(7-9-14)12(2)20/h6-9,11,15H,3-5,10H2,1-2H3,(H,18,21)(H,22,23)/t11-,15?/m0/s1. The third-order valence-electron chi connectivity index (χ3n) is 4.35. The number of piperidine rings is 1. The second-order valence-electron chi connectivity index (χ2n) is 6.28. The van der Waals surface area contributed by atoms with Crippen LogP contribution >= 0.6 is 0 Å². The fourth-order valence-corrected chi connectivity index (χ4v) is 4.48. The summed E-state index contributed by atoms with van der Waals surface area (Å²) in [5, 5.41) is 11.3. The van der Waals surface area contributed by atoms with E-state index in [1.807, 2.05) is 0 Å². The van der Waals surface area contributed by atoms with Gasteiger partial charge in [0.1, 0.15) is 12.1 Å². The summed E-state index contributed by atoms with van der Waals surface area (Å²) >= 11 is 0. The molecule has 1 aromatic rings. The molecule has 0 saturated carbocycles. The lowest BCUT2D eigenvalue weighted by molar-refractivity contribution is -0.142. The van der Waals surface area contributed by atoms with Gasteiger partial charge in [-0.15, -0.1) is 0 Å². The van der Waals surface area contributed by atoms with Crippen LogP contribution in [-0.2, 0) is 19.6 Å². The highest BCUT2D eigenvalue weighted by Gasteiger charge is 2.38. The van der Waals surface area contributed by atoms with Gasteiger partial charge in [0.15, 0.2) is 5.78 Å². The Morgan fingerprint density at radius 2 is 1.81 bits per heavy atom. The molecule has 1 amide bonds. The first-order valence-electron chi connectivity index (χ1n) is 8.30. The zero-order valence-electron chi connectivity index (χ0n) is 14.6. The Hall–Kier alpha value is -2.26. The van der Waals surface area contributed by atoms with Gasteiger partial charge in [0.25, 0.3) is 0 Å². The van der Waals surface area contributed by atoms with Gasteiger partial charge < -0.3 is 10.4 Å². The molecule has 1 aromatic carbocycles. The van der Waals surface area contributed by atoms with Gasteiger partial charge >= 0.3 is 5.97 Å². The van der Waals surface area contributed by atoms with Crippen LogP contribution < -0.4 is 5.32 Å². The molecule has 2 N–H and O–H groups in total. The van der Waals surface area contributed by atoms with E-state index >= 15 is 0 Å². The maximum absolute atomic E-state index is 12.9. The lowest BCUT2D eigenvalue weighted by atomic mass is 10.0. The normalized spacial score (nSPS) is 19.5. The van der Waals surface area contributed by atoms with E-state index in [1.54, 1.807) is 0 Å². The van der Waals surface area contributed by atoms with E-state index in [9.17, 15) is 22.8 Å². The molecule has 2 rings (SSSR count). The number of nitrogens with zero attached hydrogens (tertiary/aromatic N) is 1. The molecular weight excluding hydrogens is 360 g/mol. The monoisotopic (exact) mass is 382 g/mol. The van der Waals surface area contributed by atoms with Crippen molar-refractivity contribution in [2.45, 2.75) is 50.1 Å². The van der Waals surface area contributed by atoms with Crippen LogP contribution in [0.25, 0.3) is 0 Å². The van der Waals surface area contributed by atoms with Crippen LogP contribution in [0.1, 0.15) is 43.5 Å². The van der Waals surface area contributed by atoms with Gasteiger partial charge in [-0.2, -0.15) is 4.31 Å². The van der Waals surface area contributed by atoms with Crippen LogP contribution in [0.5, 0.6) is 0 Å². The van der Waals surface area contributed by atoms with Crippen molar-refractivity contribution in [2.75, 3.05) is 6.54 Å². The van der Waals surface area contributed by atoms with Crippen LogP contribution in [-0.4, -0.2) is 54.1 Å². The maximum Gasteiger partial charge on any atom is 0.325 e. The number of carbonyl (C=O) groups is 3. The van der Waals surface area contributed by atoms with Crippen molar-refractivity contribution in [3.05, 3.63) is 29.8 Å². The van der Waals surface area contributed by atoms with Crippen LogP contribution in [0.4, 0.5) is 0 Å². The van der Waals surface area contributed by atoms with E-state index < -0.39 is 34.0 Å². The van der Waals surface area contributed by atoms with Gasteiger partial charge in [-0.05, 0) is 38.8 Å². The van der Waals surface area contributed by atoms with Crippen LogP contribution in [0, 0.1) is 0 Å². The Kier molecular flexibility index (Phi) is 6.14. The van der Waals surface area contributed by atoms with Gasteiger partial charge in [-0.1, -0.05) is 18.6 Å². The topological polar surface area (TPSA) is 121 Å². The SMILES string of the molecule is CC(=O)c1ccc(S(=O)(=O)N2CCCCC2C(=O)N[C@@H](C)C(=O)O)cc1. The summed E-state index contributed by atoms with van der Waals surface area (Å²) in [6.07, 6.45) is 1.61. The number of carboxylic acids is 1. The van der Waals surface area contributed by atoms with Crippen molar-refractivity contribution in [3.8, 4) is 0 Å². The number of ketones is 1. The quantitative estimate of drug-likeness (QED) is 0.709. The average molecular weight is 382 g/mol. The Balaban J connectivity index is 2.28. The minimum absolute atomic E-state index is 0.00603. The predicted octanol–water partition coefficient (Wildman–Crippen LogP) is 1.02. The number of aliphatic carboxylic acids is 1. The van der Waals surface area contributed by atoms with Gasteiger partial charge in [0, 0.05) is 12.1 Å². The van der Waals surface area contributed by atoms with E-state index in [0.717, 1.165) is 4.31 Å². The largest absolute Gasteiger partial charge is 0.480 e. The summed E-state index contributed by atoms with van der Waals surface area (Å²) < 4.78 is 27.0. The minimum Gasteiger partial charge on any atom is -0.480 e. The van der Waals surface area contributed by atoms with Crippen molar-refractivity contribution in [1.82, 2.24) is 9.62 Å². The molecular formula is C17H22N2O6S. The Morgan fingerprint density at radius 3 is 2.35 bits per heavy atom. The molecule has 1 aliphatic rings. The zero-order valence-corrected chi connectivity index (χ0v) is 15.5. The predicted molar refractivity (Wildman–Crippen MR) is 93.2 cm³/mol. The van der Waals surface area contributed by atoms with E-state index in [-0.39, 0.29) is 17.2 Å².